The fraction of sp³-hybridized carbons (Fsp3) is 0.571. The molecule has 82 valence electrons. The largest absolute Gasteiger partial charge is 0.472 e. The second-order valence-corrected chi connectivity index (χ2v) is 4.03. The van der Waals surface area contributed by atoms with E-state index in [4.69, 9.17) is 9.79 Å². The zero-order valence-electron chi connectivity index (χ0n) is 8.18. The molecule has 0 aromatic carbocycles. The number of ether oxygens (including phenoxy) is 1. The minimum Gasteiger partial charge on any atom is -0.435 e. The molecule has 0 saturated heterocycles. The summed E-state index contributed by atoms with van der Waals surface area (Å²) in [7, 11) is -4.57. The van der Waals surface area contributed by atoms with Crippen molar-refractivity contribution >= 4 is 13.8 Å². The van der Waals surface area contributed by atoms with Gasteiger partial charge in [0.1, 0.15) is 0 Å². The van der Waals surface area contributed by atoms with Gasteiger partial charge in [-0.2, -0.15) is 0 Å². The predicted octanol–water partition coefficient (Wildman–Crippen LogP) is 0.953. The summed E-state index contributed by atoms with van der Waals surface area (Å²) in [6, 6.07) is 0. The Bertz CT molecular complexity index is 285. The highest BCUT2D eigenvalue weighted by Crippen LogP contribution is 2.35. The molecule has 0 radical (unpaired) electrons. The average molecular weight is 224 g/mol. The van der Waals surface area contributed by atoms with E-state index in [2.05, 4.69) is 9.26 Å². The number of allylic oxidation sites excluding steroid dienone is 1. The molecule has 0 aliphatic rings. The van der Waals surface area contributed by atoms with Crippen LogP contribution in [-0.2, 0) is 18.6 Å². The molecule has 7 heteroatoms. The smallest absolute Gasteiger partial charge is 0.435 e. The lowest BCUT2D eigenvalue weighted by Gasteiger charge is -2.07. The Kier molecular flexibility index (Phi) is 5.01. The maximum Gasteiger partial charge on any atom is 0.472 e. The van der Waals surface area contributed by atoms with E-state index in [9.17, 15) is 9.36 Å². The van der Waals surface area contributed by atoms with Gasteiger partial charge in [-0.25, -0.2) is 13.9 Å². The monoisotopic (exact) mass is 224 g/mol. The van der Waals surface area contributed by atoms with E-state index in [1.807, 2.05) is 0 Å². The molecule has 0 aliphatic carbocycles. The fourth-order valence-corrected chi connectivity index (χ4v) is 0.651. The SMILES string of the molecule is CC(C)=C(C)C(=O)OCOP(=O)(O)O. The van der Waals surface area contributed by atoms with Crippen molar-refractivity contribution in [3.8, 4) is 0 Å². The van der Waals surface area contributed by atoms with Crippen molar-refractivity contribution in [1.82, 2.24) is 0 Å². The van der Waals surface area contributed by atoms with Crippen LogP contribution >= 0.6 is 7.82 Å². The highest BCUT2D eigenvalue weighted by molar-refractivity contribution is 7.46. The maximum atomic E-state index is 11.1. The normalized spacial score (nSPS) is 10.9. The van der Waals surface area contributed by atoms with Gasteiger partial charge in [-0.15, -0.1) is 0 Å². The Balaban J connectivity index is 4.00. The molecule has 0 aromatic heterocycles. The van der Waals surface area contributed by atoms with Gasteiger partial charge in [-0.1, -0.05) is 5.57 Å². The molecule has 0 fully saturated rings. The third-order valence-corrected chi connectivity index (χ3v) is 1.91. The van der Waals surface area contributed by atoms with Crippen LogP contribution in [0.3, 0.4) is 0 Å². The number of hydrogen-bond acceptors (Lipinski definition) is 4. The first-order valence-corrected chi connectivity index (χ1v) is 5.28. The standard InChI is InChI=1S/C7H13O6P/c1-5(2)6(3)7(8)12-4-13-14(9,10)11/h4H2,1-3H3,(H2,9,10,11). The number of esters is 1. The van der Waals surface area contributed by atoms with Crippen LogP contribution in [0.2, 0.25) is 0 Å². The Hall–Kier alpha value is -0.680. The first-order chi connectivity index (χ1) is 6.24. The average Bonchev–Trinajstić information content (AvgIpc) is 2.00. The maximum absolute atomic E-state index is 11.1. The zero-order valence-corrected chi connectivity index (χ0v) is 9.08. The minimum atomic E-state index is -4.57. The van der Waals surface area contributed by atoms with Crippen LogP contribution in [0, 0.1) is 0 Å². The summed E-state index contributed by atoms with van der Waals surface area (Å²) in [5.41, 5.74) is 1.16. The summed E-state index contributed by atoms with van der Waals surface area (Å²) in [6.07, 6.45) is 0. The van der Waals surface area contributed by atoms with Crippen molar-refractivity contribution in [2.24, 2.45) is 0 Å². The Morgan fingerprint density at radius 1 is 1.29 bits per heavy atom. The minimum absolute atomic E-state index is 0.388. The van der Waals surface area contributed by atoms with Gasteiger partial charge >= 0.3 is 13.8 Å². The Labute approximate surface area is 81.8 Å². The van der Waals surface area contributed by atoms with Crippen LogP contribution in [-0.4, -0.2) is 22.5 Å². The summed E-state index contributed by atoms with van der Waals surface area (Å²) >= 11 is 0. The van der Waals surface area contributed by atoms with Crippen molar-refractivity contribution in [1.29, 1.82) is 0 Å². The molecule has 0 amide bonds. The highest BCUT2D eigenvalue weighted by atomic mass is 31.2. The van der Waals surface area contributed by atoms with Crippen LogP contribution in [0.1, 0.15) is 20.8 Å². The van der Waals surface area contributed by atoms with Crippen molar-refractivity contribution in [2.75, 3.05) is 6.79 Å². The van der Waals surface area contributed by atoms with Crippen molar-refractivity contribution < 1.29 is 28.4 Å². The molecule has 0 spiro atoms. The van der Waals surface area contributed by atoms with Gasteiger partial charge < -0.3 is 14.5 Å². The second kappa shape index (κ2) is 5.26. The zero-order chi connectivity index (χ0) is 11.4. The first-order valence-electron chi connectivity index (χ1n) is 3.75. The third-order valence-electron chi connectivity index (χ3n) is 1.47. The van der Waals surface area contributed by atoms with Crippen LogP contribution in [0.25, 0.3) is 0 Å². The van der Waals surface area contributed by atoms with E-state index >= 15 is 0 Å². The van der Waals surface area contributed by atoms with E-state index in [0.29, 0.717) is 5.57 Å². The molecule has 2 N–H and O–H groups in total. The van der Waals surface area contributed by atoms with E-state index in [1.54, 1.807) is 20.8 Å². The van der Waals surface area contributed by atoms with E-state index in [0.717, 1.165) is 5.57 Å². The summed E-state index contributed by atoms with van der Waals surface area (Å²) in [5, 5.41) is 0. The molecule has 0 heterocycles. The van der Waals surface area contributed by atoms with E-state index in [1.165, 1.54) is 0 Å². The summed E-state index contributed by atoms with van der Waals surface area (Å²) in [5.74, 6) is -0.654. The molecule has 0 atom stereocenters. The molecule has 14 heavy (non-hydrogen) atoms. The summed E-state index contributed by atoms with van der Waals surface area (Å²) in [6.45, 7) is 4.24. The van der Waals surface area contributed by atoms with Gasteiger partial charge in [0.05, 0.1) is 0 Å². The lowest BCUT2D eigenvalue weighted by molar-refractivity contribution is -0.146. The molecule has 0 bridgehead atoms. The van der Waals surface area contributed by atoms with Crippen molar-refractivity contribution in [3.05, 3.63) is 11.1 Å². The quantitative estimate of drug-likeness (QED) is 0.319. The van der Waals surface area contributed by atoms with Crippen LogP contribution in [0.4, 0.5) is 0 Å². The molecule has 0 rings (SSSR count). The van der Waals surface area contributed by atoms with Crippen molar-refractivity contribution in [2.45, 2.75) is 20.8 Å². The fourth-order valence-electron chi connectivity index (χ4n) is 0.461. The van der Waals surface area contributed by atoms with E-state index in [-0.39, 0.29) is 0 Å². The number of carbonyl (C=O) groups is 1. The molecule has 0 aromatic rings. The van der Waals surface area contributed by atoms with Gasteiger partial charge in [-0.3, -0.25) is 0 Å². The molecular formula is C7H13O6P. The lowest BCUT2D eigenvalue weighted by Crippen LogP contribution is -2.09. The number of rotatable bonds is 4. The predicted molar refractivity (Wildman–Crippen MR) is 48.1 cm³/mol. The van der Waals surface area contributed by atoms with Crippen LogP contribution in [0.15, 0.2) is 11.1 Å². The topological polar surface area (TPSA) is 93.1 Å². The van der Waals surface area contributed by atoms with Crippen LogP contribution < -0.4 is 0 Å². The summed E-state index contributed by atoms with van der Waals surface area (Å²) < 4.78 is 18.5. The second-order valence-electron chi connectivity index (χ2n) is 2.79. The van der Waals surface area contributed by atoms with Gasteiger partial charge in [0.15, 0.2) is 0 Å². The summed E-state index contributed by atoms with van der Waals surface area (Å²) in [4.78, 5) is 27.6. The van der Waals surface area contributed by atoms with Gasteiger partial charge in [0.25, 0.3) is 0 Å². The molecular weight excluding hydrogens is 211 g/mol. The number of phosphoric ester groups is 1. The van der Waals surface area contributed by atoms with Gasteiger partial charge in [-0.05, 0) is 20.8 Å². The highest BCUT2D eigenvalue weighted by Gasteiger charge is 2.15. The number of phosphoric acid groups is 1. The van der Waals surface area contributed by atoms with Crippen molar-refractivity contribution in [3.63, 3.8) is 0 Å². The third kappa shape index (κ3) is 5.88. The first kappa shape index (κ1) is 13.3. The Morgan fingerprint density at radius 2 is 1.79 bits per heavy atom. The Morgan fingerprint density at radius 3 is 2.14 bits per heavy atom. The van der Waals surface area contributed by atoms with Gasteiger partial charge in [0.2, 0.25) is 6.79 Å². The number of carbonyl (C=O) groups excluding carboxylic acids is 1. The van der Waals surface area contributed by atoms with E-state index < -0.39 is 20.6 Å². The lowest BCUT2D eigenvalue weighted by atomic mass is 10.2. The van der Waals surface area contributed by atoms with Crippen LogP contribution in [0.5, 0.6) is 0 Å². The molecule has 0 unspecified atom stereocenters. The van der Waals surface area contributed by atoms with Gasteiger partial charge in [0, 0.05) is 5.57 Å². The molecule has 6 nitrogen and oxygen atoms in total. The molecule has 0 aliphatic heterocycles. The molecule has 0 saturated carbocycles. The number of hydrogen-bond donors (Lipinski definition) is 2.